The van der Waals surface area contributed by atoms with Crippen molar-refractivity contribution < 1.29 is 0 Å². The molecular weight excluding hydrogens is 184 g/mol. The summed E-state index contributed by atoms with van der Waals surface area (Å²) in [5, 5.41) is 12.5. The molecule has 0 spiro atoms. The predicted octanol–water partition coefficient (Wildman–Crippen LogP) is 2.56. The van der Waals surface area contributed by atoms with Crippen molar-refractivity contribution in [2.45, 2.75) is 25.8 Å². The van der Waals surface area contributed by atoms with Crippen molar-refractivity contribution in [1.29, 1.82) is 5.26 Å². The zero-order chi connectivity index (χ0) is 10.9. The molecule has 2 rings (SSSR count). The highest BCUT2D eigenvalue weighted by Gasteiger charge is 2.50. The highest BCUT2D eigenvalue weighted by molar-refractivity contribution is 5.31. The Hall–Kier alpha value is -1.33. The Balaban J connectivity index is 2.32. The summed E-state index contributed by atoms with van der Waals surface area (Å²) in [7, 11) is 1.93. The second kappa shape index (κ2) is 3.67. The van der Waals surface area contributed by atoms with E-state index in [-0.39, 0.29) is 11.5 Å². The van der Waals surface area contributed by atoms with Crippen LogP contribution < -0.4 is 5.32 Å². The van der Waals surface area contributed by atoms with Gasteiger partial charge in [-0.1, -0.05) is 29.8 Å². The van der Waals surface area contributed by atoms with Crippen LogP contribution in [0.2, 0.25) is 0 Å². The van der Waals surface area contributed by atoms with Crippen molar-refractivity contribution in [2.75, 3.05) is 7.05 Å². The first-order valence-electron chi connectivity index (χ1n) is 5.37. The molecule has 2 nitrogen and oxygen atoms in total. The van der Waals surface area contributed by atoms with Gasteiger partial charge < -0.3 is 5.32 Å². The molecule has 0 bridgehead atoms. The summed E-state index contributed by atoms with van der Waals surface area (Å²) in [6, 6.07) is 11.1. The lowest BCUT2D eigenvalue weighted by molar-refractivity contribution is 0.444. The van der Waals surface area contributed by atoms with E-state index in [0.29, 0.717) is 0 Å². The molecule has 1 fully saturated rings. The van der Waals surface area contributed by atoms with E-state index in [0.717, 1.165) is 12.8 Å². The second-order valence-electron chi connectivity index (χ2n) is 4.40. The van der Waals surface area contributed by atoms with Gasteiger partial charge in [0.2, 0.25) is 0 Å². The third-order valence-electron chi connectivity index (χ3n) is 3.23. The molecular formula is C13H16N2. The second-order valence-corrected chi connectivity index (χ2v) is 4.40. The van der Waals surface area contributed by atoms with Crippen LogP contribution in [0, 0.1) is 23.7 Å². The number of hydrogen-bond donors (Lipinski definition) is 1. The molecule has 1 aromatic rings. The molecule has 0 aromatic heterocycles. The maximum absolute atomic E-state index is 9.20. The lowest BCUT2D eigenvalue weighted by atomic mass is 9.91. The highest BCUT2D eigenvalue weighted by atomic mass is 14.9. The first-order chi connectivity index (χ1) is 7.22. The molecule has 1 aliphatic rings. The molecule has 1 unspecified atom stereocenters. The van der Waals surface area contributed by atoms with Gasteiger partial charge in [0, 0.05) is 0 Å². The quantitative estimate of drug-likeness (QED) is 0.814. The van der Waals surface area contributed by atoms with Crippen molar-refractivity contribution >= 4 is 0 Å². The Morgan fingerprint density at radius 1 is 1.47 bits per heavy atom. The van der Waals surface area contributed by atoms with Crippen molar-refractivity contribution in [2.24, 2.45) is 5.41 Å². The first kappa shape index (κ1) is 10.2. The molecule has 15 heavy (non-hydrogen) atoms. The number of nitriles is 1. The number of hydrogen-bond acceptors (Lipinski definition) is 2. The van der Waals surface area contributed by atoms with Gasteiger partial charge in [-0.3, -0.25) is 0 Å². The van der Waals surface area contributed by atoms with Gasteiger partial charge in [0.05, 0.1) is 17.5 Å². The van der Waals surface area contributed by atoms with Crippen LogP contribution in [0.25, 0.3) is 0 Å². The maximum atomic E-state index is 9.20. The molecule has 1 aliphatic carbocycles. The van der Waals surface area contributed by atoms with Crippen molar-refractivity contribution in [1.82, 2.24) is 5.32 Å². The Labute approximate surface area is 90.9 Å². The van der Waals surface area contributed by atoms with Crippen LogP contribution in [-0.4, -0.2) is 7.05 Å². The van der Waals surface area contributed by atoms with Gasteiger partial charge >= 0.3 is 0 Å². The van der Waals surface area contributed by atoms with Crippen molar-refractivity contribution in [3.8, 4) is 6.07 Å². The number of nitrogens with one attached hydrogen (secondary N) is 1. The smallest absolute Gasteiger partial charge is 0.0769 e. The van der Waals surface area contributed by atoms with Crippen LogP contribution in [0.5, 0.6) is 0 Å². The van der Waals surface area contributed by atoms with Crippen molar-refractivity contribution in [3.63, 3.8) is 0 Å². The summed E-state index contributed by atoms with van der Waals surface area (Å²) < 4.78 is 0. The summed E-state index contributed by atoms with van der Waals surface area (Å²) in [4.78, 5) is 0. The predicted molar refractivity (Wildman–Crippen MR) is 60.3 cm³/mol. The van der Waals surface area contributed by atoms with Gasteiger partial charge in [-0.25, -0.2) is 0 Å². The molecule has 78 valence electrons. The third-order valence-corrected chi connectivity index (χ3v) is 3.23. The standard InChI is InChI=1S/C13H16N2/c1-10-4-3-5-11(8-10)12(15-2)13(9-14)6-7-13/h3-5,8,12,15H,6-7H2,1-2H3. The van der Waals surface area contributed by atoms with Crippen LogP contribution >= 0.6 is 0 Å². The molecule has 2 heteroatoms. The molecule has 1 N–H and O–H groups in total. The van der Waals surface area contributed by atoms with E-state index < -0.39 is 0 Å². The lowest BCUT2D eigenvalue weighted by Gasteiger charge is -2.21. The Kier molecular flexibility index (Phi) is 2.50. The fraction of sp³-hybridized carbons (Fsp3) is 0.462. The number of rotatable bonds is 3. The summed E-state index contributed by atoms with van der Waals surface area (Å²) >= 11 is 0. The van der Waals surface area contributed by atoms with Gasteiger partial charge in [0.15, 0.2) is 0 Å². The molecule has 0 aliphatic heterocycles. The van der Waals surface area contributed by atoms with Crippen molar-refractivity contribution in [3.05, 3.63) is 35.4 Å². The van der Waals surface area contributed by atoms with Crippen LogP contribution in [-0.2, 0) is 0 Å². The zero-order valence-corrected chi connectivity index (χ0v) is 9.25. The summed E-state index contributed by atoms with van der Waals surface area (Å²) in [6.07, 6.45) is 2.03. The number of benzene rings is 1. The average Bonchev–Trinajstić information content (AvgIpc) is 3.00. The molecule has 1 saturated carbocycles. The van der Waals surface area contributed by atoms with E-state index in [1.165, 1.54) is 11.1 Å². The zero-order valence-electron chi connectivity index (χ0n) is 9.25. The minimum absolute atomic E-state index is 0.150. The summed E-state index contributed by atoms with van der Waals surface area (Å²) in [6.45, 7) is 2.09. The van der Waals surface area contributed by atoms with E-state index in [2.05, 4.69) is 42.6 Å². The minimum Gasteiger partial charge on any atom is -0.312 e. The third kappa shape index (κ3) is 1.75. The normalized spacial score (nSPS) is 19.3. The van der Waals surface area contributed by atoms with Gasteiger partial charge in [-0.2, -0.15) is 5.26 Å². The fourth-order valence-corrected chi connectivity index (χ4v) is 2.21. The topological polar surface area (TPSA) is 35.8 Å². The molecule has 0 heterocycles. The Morgan fingerprint density at radius 2 is 2.20 bits per heavy atom. The van der Waals surface area contributed by atoms with E-state index in [9.17, 15) is 5.26 Å². The van der Waals surface area contributed by atoms with E-state index in [1.54, 1.807) is 0 Å². The largest absolute Gasteiger partial charge is 0.312 e. The van der Waals surface area contributed by atoms with Gasteiger partial charge in [0.25, 0.3) is 0 Å². The van der Waals surface area contributed by atoms with E-state index >= 15 is 0 Å². The van der Waals surface area contributed by atoms with Crippen LogP contribution in [0.1, 0.15) is 30.0 Å². The highest BCUT2D eigenvalue weighted by Crippen LogP contribution is 2.54. The fourth-order valence-electron chi connectivity index (χ4n) is 2.21. The number of aryl methyl sites for hydroxylation is 1. The molecule has 1 aromatic carbocycles. The van der Waals surface area contributed by atoms with E-state index in [1.807, 2.05) is 7.05 Å². The van der Waals surface area contributed by atoms with Gasteiger partial charge in [-0.05, 0) is 32.4 Å². The maximum Gasteiger partial charge on any atom is 0.0769 e. The van der Waals surface area contributed by atoms with Crippen LogP contribution in [0.15, 0.2) is 24.3 Å². The van der Waals surface area contributed by atoms with Crippen LogP contribution in [0.4, 0.5) is 0 Å². The SMILES string of the molecule is CNC(c1cccc(C)c1)C1(C#N)CC1. The van der Waals surface area contributed by atoms with Gasteiger partial charge in [-0.15, -0.1) is 0 Å². The molecule has 1 atom stereocenters. The van der Waals surface area contributed by atoms with Gasteiger partial charge in [0.1, 0.15) is 0 Å². The Morgan fingerprint density at radius 3 is 2.67 bits per heavy atom. The average molecular weight is 200 g/mol. The molecule has 0 saturated heterocycles. The summed E-state index contributed by atoms with van der Waals surface area (Å²) in [5.41, 5.74) is 2.33. The van der Waals surface area contributed by atoms with Crippen LogP contribution in [0.3, 0.4) is 0 Å². The summed E-state index contributed by atoms with van der Waals surface area (Å²) in [5.74, 6) is 0. The first-order valence-corrected chi connectivity index (χ1v) is 5.37. The Bertz CT molecular complexity index is 399. The number of nitrogens with zero attached hydrogens (tertiary/aromatic N) is 1. The molecule has 0 amide bonds. The minimum atomic E-state index is -0.150. The lowest BCUT2D eigenvalue weighted by Crippen LogP contribution is -2.25. The monoisotopic (exact) mass is 200 g/mol. The molecule has 0 radical (unpaired) electrons. The van der Waals surface area contributed by atoms with E-state index in [4.69, 9.17) is 0 Å².